The molecular formula is C22H39IN6S. The lowest BCUT2D eigenvalue weighted by molar-refractivity contribution is 0.293. The number of halogens is 1. The minimum atomic E-state index is 0. The van der Waals surface area contributed by atoms with E-state index in [9.17, 15) is 0 Å². The Morgan fingerprint density at radius 3 is 2.77 bits per heavy atom. The number of aromatic nitrogens is 3. The predicted molar refractivity (Wildman–Crippen MR) is 137 cm³/mol. The van der Waals surface area contributed by atoms with Gasteiger partial charge in [0.15, 0.2) is 5.96 Å². The van der Waals surface area contributed by atoms with Crippen molar-refractivity contribution in [3.8, 4) is 0 Å². The van der Waals surface area contributed by atoms with E-state index in [1.54, 1.807) is 0 Å². The van der Waals surface area contributed by atoms with Gasteiger partial charge in [-0.15, -0.1) is 34.2 Å². The molecule has 1 saturated heterocycles. The Balaban J connectivity index is 0.00000256. The molecule has 1 aliphatic carbocycles. The van der Waals surface area contributed by atoms with Crippen molar-refractivity contribution in [3.63, 3.8) is 0 Å². The van der Waals surface area contributed by atoms with Crippen molar-refractivity contribution in [2.24, 2.45) is 4.99 Å². The van der Waals surface area contributed by atoms with Gasteiger partial charge in [-0.1, -0.05) is 25.7 Å². The summed E-state index contributed by atoms with van der Waals surface area (Å²) in [5, 5.41) is 12.5. The number of aryl methyl sites for hydroxylation is 2. The highest BCUT2D eigenvalue weighted by Crippen LogP contribution is 2.42. The maximum Gasteiger partial charge on any atom is 0.193 e. The van der Waals surface area contributed by atoms with E-state index in [2.05, 4.69) is 43.7 Å². The predicted octanol–water partition coefficient (Wildman–Crippen LogP) is 4.27. The van der Waals surface area contributed by atoms with Crippen molar-refractivity contribution in [1.29, 1.82) is 0 Å². The molecular weight excluding hydrogens is 507 g/mol. The highest BCUT2D eigenvalue weighted by molar-refractivity contribution is 14.0. The average molecular weight is 547 g/mol. The molecule has 3 aliphatic rings. The molecule has 1 aromatic heterocycles. The zero-order valence-electron chi connectivity index (χ0n) is 18.6. The fourth-order valence-electron chi connectivity index (χ4n) is 5.10. The summed E-state index contributed by atoms with van der Waals surface area (Å²) in [6, 6.07) is 0. The van der Waals surface area contributed by atoms with E-state index in [-0.39, 0.29) is 24.0 Å². The molecule has 0 amide bonds. The summed E-state index contributed by atoms with van der Waals surface area (Å²) >= 11 is 2.22. The zero-order valence-corrected chi connectivity index (χ0v) is 21.7. The summed E-state index contributed by atoms with van der Waals surface area (Å²) < 4.78 is 2.85. The molecule has 170 valence electrons. The lowest BCUT2D eigenvalue weighted by Crippen LogP contribution is -2.53. The Morgan fingerprint density at radius 1 is 1.10 bits per heavy atom. The first-order valence-electron chi connectivity index (χ1n) is 11.9. The van der Waals surface area contributed by atoms with Crippen LogP contribution < -0.4 is 5.32 Å². The number of hydrogen-bond acceptors (Lipinski definition) is 4. The summed E-state index contributed by atoms with van der Waals surface area (Å²) in [5.74, 6) is 4.71. The monoisotopic (exact) mass is 546 g/mol. The van der Waals surface area contributed by atoms with Crippen LogP contribution >= 0.6 is 35.7 Å². The van der Waals surface area contributed by atoms with Crippen LogP contribution in [0.3, 0.4) is 0 Å². The van der Waals surface area contributed by atoms with E-state index in [0.717, 1.165) is 57.2 Å². The molecule has 4 rings (SSSR count). The molecule has 0 radical (unpaired) electrons. The van der Waals surface area contributed by atoms with Crippen molar-refractivity contribution in [2.75, 3.05) is 31.9 Å². The van der Waals surface area contributed by atoms with Gasteiger partial charge in [0.25, 0.3) is 0 Å². The first-order valence-corrected chi connectivity index (χ1v) is 12.9. The highest BCUT2D eigenvalue weighted by Gasteiger charge is 2.38. The highest BCUT2D eigenvalue weighted by atomic mass is 127. The number of aliphatic imine (C=N–C) groups is 1. The fourth-order valence-corrected chi connectivity index (χ4v) is 6.67. The first-order chi connectivity index (χ1) is 14.3. The summed E-state index contributed by atoms with van der Waals surface area (Å²) in [5.41, 5.74) is 0. The van der Waals surface area contributed by atoms with Crippen LogP contribution in [0.4, 0.5) is 0 Å². The number of nitrogens with one attached hydrogen (secondary N) is 1. The quantitative estimate of drug-likeness (QED) is 0.259. The van der Waals surface area contributed by atoms with Crippen LogP contribution in [-0.4, -0.2) is 62.3 Å². The molecule has 1 spiro atoms. The SMILES string of the molecule is CCNC(=NCCCc1nnc2n1CCCCC2)N1CCSC2(CCCCC2)C1.I. The van der Waals surface area contributed by atoms with Gasteiger partial charge >= 0.3 is 0 Å². The molecule has 0 unspecified atom stereocenters. The molecule has 30 heavy (non-hydrogen) atoms. The van der Waals surface area contributed by atoms with E-state index in [0.29, 0.717) is 4.75 Å². The van der Waals surface area contributed by atoms with Crippen LogP contribution in [0.1, 0.15) is 76.4 Å². The van der Waals surface area contributed by atoms with Crippen LogP contribution in [0.15, 0.2) is 4.99 Å². The van der Waals surface area contributed by atoms with E-state index >= 15 is 0 Å². The Kier molecular flexibility index (Phi) is 9.60. The van der Waals surface area contributed by atoms with Crippen molar-refractivity contribution < 1.29 is 0 Å². The van der Waals surface area contributed by atoms with E-state index in [1.165, 1.54) is 69.5 Å². The molecule has 0 atom stereocenters. The molecule has 1 saturated carbocycles. The summed E-state index contributed by atoms with van der Waals surface area (Å²) in [4.78, 5) is 7.55. The third-order valence-electron chi connectivity index (χ3n) is 6.65. The van der Waals surface area contributed by atoms with Gasteiger partial charge in [-0.25, -0.2) is 0 Å². The minimum absolute atomic E-state index is 0. The third kappa shape index (κ3) is 6.04. The van der Waals surface area contributed by atoms with Gasteiger partial charge in [0.2, 0.25) is 0 Å². The number of guanidine groups is 1. The molecule has 8 heteroatoms. The Morgan fingerprint density at radius 2 is 1.93 bits per heavy atom. The normalized spacial score (nSPS) is 21.6. The Bertz CT molecular complexity index is 680. The standard InChI is InChI=1S/C22H38N6S.HI/c1-2-23-21(27-16-17-29-22(18-27)12-6-4-7-13-22)24-14-9-11-20-26-25-19-10-5-3-8-15-28(19)20;/h2-18H2,1H3,(H,23,24);1H. The number of hydrogen-bond donors (Lipinski definition) is 1. The van der Waals surface area contributed by atoms with Gasteiger partial charge < -0.3 is 14.8 Å². The summed E-state index contributed by atoms with van der Waals surface area (Å²) in [6.45, 7) is 7.36. The van der Waals surface area contributed by atoms with Crippen LogP contribution in [0.5, 0.6) is 0 Å². The number of thioether (sulfide) groups is 1. The lowest BCUT2D eigenvalue weighted by Gasteiger charge is -2.45. The average Bonchev–Trinajstić information content (AvgIpc) is 2.97. The van der Waals surface area contributed by atoms with E-state index < -0.39 is 0 Å². The van der Waals surface area contributed by atoms with Crippen LogP contribution in [0.25, 0.3) is 0 Å². The Labute approximate surface area is 203 Å². The van der Waals surface area contributed by atoms with Crippen molar-refractivity contribution in [1.82, 2.24) is 25.0 Å². The molecule has 0 aromatic carbocycles. The Hall–Kier alpha value is -0.510. The van der Waals surface area contributed by atoms with Gasteiger partial charge in [0.1, 0.15) is 11.6 Å². The summed E-state index contributed by atoms with van der Waals surface area (Å²) in [7, 11) is 0. The largest absolute Gasteiger partial charge is 0.357 e. The second-order valence-electron chi connectivity index (χ2n) is 8.85. The van der Waals surface area contributed by atoms with Crippen LogP contribution in [0, 0.1) is 0 Å². The smallest absolute Gasteiger partial charge is 0.193 e. The van der Waals surface area contributed by atoms with E-state index in [4.69, 9.17) is 4.99 Å². The van der Waals surface area contributed by atoms with Crippen LogP contribution in [-0.2, 0) is 19.4 Å². The topological polar surface area (TPSA) is 58.3 Å². The van der Waals surface area contributed by atoms with Crippen molar-refractivity contribution in [2.45, 2.75) is 88.8 Å². The first kappa shape index (κ1) is 24.1. The number of fused-ring (bicyclic) bond motifs is 1. The van der Waals surface area contributed by atoms with Crippen molar-refractivity contribution >= 4 is 41.7 Å². The molecule has 0 bridgehead atoms. The van der Waals surface area contributed by atoms with Gasteiger partial charge in [0, 0.05) is 56.1 Å². The molecule has 2 aliphatic heterocycles. The summed E-state index contributed by atoms with van der Waals surface area (Å²) in [6.07, 6.45) is 13.9. The van der Waals surface area contributed by atoms with Crippen molar-refractivity contribution in [3.05, 3.63) is 11.6 Å². The molecule has 3 heterocycles. The van der Waals surface area contributed by atoms with Gasteiger partial charge in [-0.3, -0.25) is 4.99 Å². The maximum atomic E-state index is 5.01. The van der Waals surface area contributed by atoms with Gasteiger partial charge in [0.05, 0.1) is 0 Å². The lowest BCUT2D eigenvalue weighted by atomic mass is 9.87. The van der Waals surface area contributed by atoms with Gasteiger partial charge in [-0.2, -0.15) is 11.8 Å². The second kappa shape index (κ2) is 11.9. The number of nitrogens with zero attached hydrogens (tertiary/aromatic N) is 5. The minimum Gasteiger partial charge on any atom is -0.357 e. The molecule has 2 fully saturated rings. The maximum absolute atomic E-state index is 5.01. The third-order valence-corrected chi connectivity index (χ3v) is 8.19. The second-order valence-corrected chi connectivity index (χ2v) is 10.4. The molecule has 6 nitrogen and oxygen atoms in total. The number of rotatable bonds is 5. The van der Waals surface area contributed by atoms with Gasteiger partial charge in [-0.05, 0) is 39.0 Å². The van der Waals surface area contributed by atoms with Crippen LogP contribution in [0.2, 0.25) is 0 Å². The molecule has 1 aromatic rings. The molecule has 1 N–H and O–H groups in total. The fraction of sp³-hybridized carbons (Fsp3) is 0.864. The van der Waals surface area contributed by atoms with E-state index in [1.807, 2.05) is 0 Å². The zero-order chi connectivity index (χ0) is 19.9.